The molecule has 0 aliphatic carbocycles. The maximum Gasteiger partial charge on any atom is 0.0871 e. The molecule has 2 aromatic rings. The average Bonchev–Trinajstić information content (AvgIpc) is 2.59. The van der Waals surface area contributed by atoms with Crippen molar-refractivity contribution in [2.45, 2.75) is 13.0 Å². The van der Waals surface area contributed by atoms with E-state index < -0.39 is 0 Å². The van der Waals surface area contributed by atoms with Crippen LogP contribution in [-0.4, -0.2) is 10.2 Å². The van der Waals surface area contributed by atoms with Gasteiger partial charge in [-0.1, -0.05) is 18.5 Å². The van der Waals surface area contributed by atoms with Crippen molar-refractivity contribution in [3.63, 3.8) is 0 Å². The lowest BCUT2D eigenvalue weighted by molar-refractivity contribution is 0.798. The first-order valence-electron chi connectivity index (χ1n) is 4.41. The van der Waals surface area contributed by atoms with Gasteiger partial charge < -0.3 is 5.73 Å². The molecule has 3 N–H and O–H groups in total. The summed E-state index contributed by atoms with van der Waals surface area (Å²) in [4.78, 5) is 0. The van der Waals surface area contributed by atoms with Gasteiger partial charge in [-0.25, -0.2) is 0 Å². The van der Waals surface area contributed by atoms with Gasteiger partial charge >= 0.3 is 0 Å². The molecule has 4 heteroatoms. The normalized spacial score (nSPS) is 13.4. The third kappa shape index (κ3) is 1.49. The van der Waals surface area contributed by atoms with Crippen molar-refractivity contribution in [2.24, 2.45) is 5.73 Å². The third-order valence-corrected chi connectivity index (χ3v) is 2.46. The van der Waals surface area contributed by atoms with Gasteiger partial charge in [0.1, 0.15) is 0 Å². The number of H-pyrrole nitrogens is 1. The van der Waals surface area contributed by atoms with Crippen LogP contribution in [0.15, 0.2) is 18.2 Å². The number of hydrogen-bond donors (Lipinski definition) is 2. The Morgan fingerprint density at radius 2 is 2.36 bits per heavy atom. The van der Waals surface area contributed by atoms with E-state index >= 15 is 0 Å². The van der Waals surface area contributed by atoms with Crippen molar-refractivity contribution in [2.75, 3.05) is 0 Å². The lowest BCUT2D eigenvalue weighted by Gasteiger charge is -2.04. The summed E-state index contributed by atoms with van der Waals surface area (Å²) >= 11 is 5.90. The van der Waals surface area contributed by atoms with Crippen LogP contribution in [0.2, 0.25) is 5.02 Å². The Morgan fingerprint density at radius 3 is 3.07 bits per heavy atom. The molecule has 14 heavy (non-hydrogen) atoms. The van der Waals surface area contributed by atoms with E-state index in [9.17, 15) is 0 Å². The van der Waals surface area contributed by atoms with Crippen LogP contribution in [0.4, 0.5) is 0 Å². The zero-order chi connectivity index (χ0) is 10.1. The fraction of sp³-hybridized carbons (Fsp3) is 0.200. The highest BCUT2D eigenvalue weighted by atomic mass is 35.5. The quantitative estimate of drug-likeness (QED) is 0.797. The van der Waals surface area contributed by atoms with Crippen LogP contribution in [0.5, 0.6) is 0 Å². The molecular formula is C10H11ClN3. The van der Waals surface area contributed by atoms with Crippen LogP contribution >= 0.6 is 11.6 Å². The minimum absolute atomic E-state index is 0.151. The highest BCUT2D eigenvalue weighted by molar-refractivity contribution is 6.31. The molecule has 1 aromatic carbocycles. The molecule has 1 aromatic heterocycles. The molecular weight excluding hydrogens is 198 g/mol. The summed E-state index contributed by atoms with van der Waals surface area (Å²) in [6.07, 6.45) is 1.90. The van der Waals surface area contributed by atoms with Crippen molar-refractivity contribution in [3.8, 4) is 0 Å². The predicted octanol–water partition coefficient (Wildman–Crippen LogP) is 2.44. The minimum atomic E-state index is -0.151. The number of benzene rings is 1. The van der Waals surface area contributed by atoms with Crippen molar-refractivity contribution in [3.05, 3.63) is 35.3 Å². The molecule has 0 aliphatic rings. The Hall–Kier alpha value is -1.06. The Kier molecular flexibility index (Phi) is 2.44. The summed E-state index contributed by atoms with van der Waals surface area (Å²) in [5.41, 5.74) is 7.67. The van der Waals surface area contributed by atoms with Crippen LogP contribution in [0.1, 0.15) is 18.7 Å². The number of aromatic nitrogens is 2. The van der Waals surface area contributed by atoms with Gasteiger partial charge in [0.15, 0.2) is 0 Å². The minimum Gasteiger partial charge on any atom is -0.322 e. The van der Waals surface area contributed by atoms with Crippen LogP contribution < -0.4 is 5.73 Å². The fourth-order valence-electron chi connectivity index (χ4n) is 1.42. The molecule has 2 rings (SSSR count). The van der Waals surface area contributed by atoms with Gasteiger partial charge in [-0.15, -0.1) is 0 Å². The second-order valence-corrected chi connectivity index (χ2v) is 3.59. The molecule has 0 bridgehead atoms. The predicted molar refractivity (Wildman–Crippen MR) is 58.0 cm³/mol. The summed E-state index contributed by atoms with van der Waals surface area (Å²) < 4.78 is 0. The second-order valence-electron chi connectivity index (χ2n) is 3.16. The number of hydrogen-bond acceptors (Lipinski definition) is 2. The molecule has 1 unspecified atom stereocenters. The maximum atomic E-state index is 5.90. The second kappa shape index (κ2) is 3.59. The molecule has 73 valence electrons. The van der Waals surface area contributed by atoms with E-state index in [4.69, 9.17) is 17.3 Å². The van der Waals surface area contributed by atoms with Crippen LogP contribution in [0.3, 0.4) is 0 Å². The summed E-state index contributed by atoms with van der Waals surface area (Å²) in [5, 5.41) is 8.78. The third-order valence-electron chi connectivity index (χ3n) is 2.23. The first kappa shape index (κ1) is 9.49. The van der Waals surface area contributed by atoms with E-state index in [1.54, 1.807) is 0 Å². The van der Waals surface area contributed by atoms with Gasteiger partial charge in [-0.2, -0.15) is 5.10 Å². The Morgan fingerprint density at radius 1 is 1.57 bits per heavy atom. The molecule has 1 radical (unpaired) electrons. The van der Waals surface area contributed by atoms with Gasteiger partial charge in [0.05, 0.1) is 17.3 Å². The summed E-state index contributed by atoms with van der Waals surface area (Å²) in [6.45, 7) is 1.91. The zero-order valence-corrected chi connectivity index (χ0v) is 8.55. The molecule has 0 fully saturated rings. The highest BCUT2D eigenvalue weighted by Gasteiger charge is 2.11. The molecule has 1 heterocycles. The number of nitrogens with two attached hydrogens (primary N) is 1. The van der Waals surface area contributed by atoms with E-state index in [0.717, 1.165) is 16.6 Å². The van der Waals surface area contributed by atoms with Crippen LogP contribution in [0.25, 0.3) is 10.9 Å². The Balaban J connectivity index is 2.61. The van der Waals surface area contributed by atoms with Crippen molar-refractivity contribution < 1.29 is 0 Å². The number of aromatic amines is 1. The summed E-state index contributed by atoms with van der Waals surface area (Å²) in [5.74, 6) is 0. The number of nitrogens with one attached hydrogen (secondary N) is 1. The Bertz CT molecular complexity index is 450. The fourth-order valence-corrected chi connectivity index (χ4v) is 1.59. The number of nitrogens with zero attached hydrogens (tertiary/aromatic N) is 1. The van der Waals surface area contributed by atoms with Gasteiger partial charge in [-0.05, 0) is 24.6 Å². The molecule has 1 atom stereocenters. The van der Waals surface area contributed by atoms with Crippen LogP contribution in [-0.2, 0) is 0 Å². The van der Waals surface area contributed by atoms with Crippen molar-refractivity contribution in [1.29, 1.82) is 0 Å². The number of fused-ring (bicyclic) bond motifs is 1. The standard InChI is InChI=1S/C10H11ClN3/c1-2-8(12)10-7-5-6(11)3-4-9(7)13-14-10/h2-5,8H,12H2,1H3,(H,13,14). The SMILES string of the molecule is C[CH]C(N)c1n[nH]c2ccc(Cl)cc12. The molecule has 0 spiro atoms. The maximum absolute atomic E-state index is 5.90. The number of halogens is 1. The number of rotatable bonds is 2. The average molecular weight is 209 g/mol. The van der Waals surface area contributed by atoms with E-state index in [0.29, 0.717) is 5.02 Å². The molecule has 0 amide bonds. The topological polar surface area (TPSA) is 54.7 Å². The lowest BCUT2D eigenvalue weighted by atomic mass is 10.1. The summed E-state index contributed by atoms with van der Waals surface area (Å²) in [6, 6.07) is 5.45. The van der Waals surface area contributed by atoms with E-state index in [1.165, 1.54) is 0 Å². The van der Waals surface area contributed by atoms with Crippen LogP contribution in [0, 0.1) is 6.42 Å². The molecule has 0 aliphatic heterocycles. The Labute approximate surface area is 87.2 Å². The summed E-state index contributed by atoms with van der Waals surface area (Å²) in [7, 11) is 0. The smallest absolute Gasteiger partial charge is 0.0871 e. The van der Waals surface area contributed by atoms with Crippen molar-refractivity contribution >= 4 is 22.5 Å². The zero-order valence-electron chi connectivity index (χ0n) is 7.79. The van der Waals surface area contributed by atoms with E-state index in [2.05, 4.69) is 10.2 Å². The molecule has 3 nitrogen and oxygen atoms in total. The van der Waals surface area contributed by atoms with E-state index in [1.807, 2.05) is 31.5 Å². The van der Waals surface area contributed by atoms with Gasteiger partial charge in [0.2, 0.25) is 0 Å². The molecule has 0 saturated carbocycles. The van der Waals surface area contributed by atoms with Gasteiger partial charge in [0, 0.05) is 10.4 Å². The first-order chi connectivity index (χ1) is 6.72. The van der Waals surface area contributed by atoms with Gasteiger partial charge in [0.25, 0.3) is 0 Å². The van der Waals surface area contributed by atoms with Crippen molar-refractivity contribution in [1.82, 2.24) is 10.2 Å². The monoisotopic (exact) mass is 208 g/mol. The lowest BCUT2D eigenvalue weighted by Crippen LogP contribution is -2.09. The van der Waals surface area contributed by atoms with E-state index in [-0.39, 0.29) is 6.04 Å². The first-order valence-corrected chi connectivity index (χ1v) is 4.78. The van der Waals surface area contributed by atoms with Gasteiger partial charge in [-0.3, -0.25) is 5.10 Å². The molecule has 0 saturated heterocycles. The highest BCUT2D eigenvalue weighted by Crippen LogP contribution is 2.24. The largest absolute Gasteiger partial charge is 0.322 e.